The highest BCUT2D eigenvalue weighted by atomic mass is 28.3. The second-order valence-electron chi connectivity index (χ2n) is 17.5. The van der Waals surface area contributed by atoms with E-state index in [4.69, 9.17) is 17.7 Å². The van der Waals surface area contributed by atoms with Gasteiger partial charge in [0.1, 0.15) is 23.0 Å². The van der Waals surface area contributed by atoms with Crippen LogP contribution in [0.2, 0.25) is 0 Å². The van der Waals surface area contributed by atoms with Crippen LogP contribution in [0.3, 0.4) is 0 Å². The maximum atomic E-state index is 9.05. The number of para-hydroxylation sites is 2. The van der Waals surface area contributed by atoms with Gasteiger partial charge in [-0.2, -0.15) is 0 Å². The van der Waals surface area contributed by atoms with Crippen LogP contribution in [-0.2, 0) is 16.2 Å². The molecule has 284 valence electrons. The molecule has 2 aliphatic heterocycles. The molecule has 2 heterocycles. The summed E-state index contributed by atoms with van der Waals surface area (Å²) in [4.78, 5) is 0. The van der Waals surface area contributed by atoms with Gasteiger partial charge in [-0.25, -0.2) is 0 Å². The van der Waals surface area contributed by atoms with Crippen molar-refractivity contribution < 1.29 is 17.7 Å². The van der Waals surface area contributed by atoms with Gasteiger partial charge in [0.05, 0.1) is 0 Å². The minimum atomic E-state index is -3.43. The maximum Gasteiger partial charge on any atom is 0.184 e. The third kappa shape index (κ3) is 5.65. The normalized spacial score (nSPS) is 18.6. The van der Waals surface area contributed by atoms with E-state index in [1.54, 1.807) is 19.1 Å². The molecular formula is C54H52O2Si. The molecule has 0 saturated carbocycles. The van der Waals surface area contributed by atoms with Gasteiger partial charge in [-0.15, -0.1) is 0 Å². The van der Waals surface area contributed by atoms with Crippen molar-refractivity contribution in [2.75, 3.05) is 0 Å². The van der Waals surface area contributed by atoms with E-state index in [2.05, 4.69) is 132 Å². The Morgan fingerprint density at radius 3 is 1.84 bits per heavy atom. The number of rotatable bonds is 5. The van der Waals surface area contributed by atoms with Gasteiger partial charge in [-0.05, 0) is 74.3 Å². The molecule has 0 saturated heterocycles. The first-order valence-corrected chi connectivity index (χ1v) is 21.8. The van der Waals surface area contributed by atoms with Crippen LogP contribution in [0.15, 0.2) is 152 Å². The lowest BCUT2D eigenvalue weighted by molar-refractivity contribution is 0.418. The molecule has 0 fully saturated rings. The van der Waals surface area contributed by atoms with E-state index in [9.17, 15) is 0 Å². The Morgan fingerprint density at radius 2 is 1.16 bits per heavy atom. The molecule has 7 aromatic carbocycles. The highest BCUT2D eigenvalue weighted by molar-refractivity contribution is 7.20. The summed E-state index contributed by atoms with van der Waals surface area (Å²) in [7, 11) is -3.43. The second-order valence-corrected chi connectivity index (χ2v) is 21.3. The van der Waals surface area contributed by atoms with E-state index < -0.39 is 32.6 Å². The molecule has 0 radical (unpaired) electrons. The van der Waals surface area contributed by atoms with Crippen LogP contribution in [-0.4, -0.2) is 8.07 Å². The summed E-state index contributed by atoms with van der Waals surface area (Å²) in [6, 6.07) is 51.5. The van der Waals surface area contributed by atoms with E-state index in [1.165, 1.54) is 0 Å². The molecule has 1 unspecified atom stereocenters. The van der Waals surface area contributed by atoms with Crippen molar-refractivity contribution in [3.63, 3.8) is 0 Å². The first-order chi connectivity index (χ1) is 29.7. The summed E-state index contributed by atoms with van der Waals surface area (Å²) in [5, 5.41) is 4.33. The number of hydrogen-bond donors (Lipinski definition) is 0. The van der Waals surface area contributed by atoms with Gasteiger partial charge in [0.2, 0.25) is 0 Å². The van der Waals surface area contributed by atoms with Crippen molar-refractivity contribution in [1.82, 2.24) is 0 Å². The third-order valence-corrected chi connectivity index (χ3v) is 17.2. The molecule has 2 nitrogen and oxygen atoms in total. The third-order valence-electron chi connectivity index (χ3n) is 12.4. The molecule has 7 aromatic rings. The fourth-order valence-electron chi connectivity index (χ4n) is 9.47. The Morgan fingerprint density at radius 1 is 0.544 bits per heavy atom. The van der Waals surface area contributed by atoms with Gasteiger partial charge in [0, 0.05) is 46.9 Å². The van der Waals surface area contributed by atoms with Crippen LogP contribution in [0, 0.1) is 13.8 Å². The summed E-state index contributed by atoms with van der Waals surface area (Å²) < 4.78 is 68.3. The second kappa shape index (κ2) is 13.2. The summed E-state index contributed by atoms with van der Waals surface area (Å²) in [5.74, 6) is 2.31. The quantitative estimate of drug-likeness (QED) is 0.128. The molecule has 9 rings (SSSR count). The van der Waals surface area contributed by atoms with E-state index in [0.717, 1.165) is 54.5 Å². The zero-order chi connectivity index (χ0) is 44.9. The zero-order valence-electron chi connectivity index (χ0n) is 39.8. The fourth-order valence-corrected chi connectivity index (χ4v) is 14.4. The summed E-state index contributed by atoms with van der Waals surface area (Å²) in [5.41, 5.74) is 3.76. The summed E-state index contributed by atoms with van der Waals surface area (Å²) >= 11 is 0. The summed E-state index contributed by atoms with van der Waals surface area (Å²) in [6.45, 7) is 9.47. The number of aryl methyl sites for hydroxylation is 2. The maximum absolute atomic E-state index is 9.05. The first kappa shape index (κ1) is 30.5. The van der Waals surface area contributed by atoms with Crippen molar-refractivity contribution in [2.24, 2.45) is 0 Å². The predicted octanol–water partition coefficient (Wildman–Crippen LogP) is 11.5. The van der Waals surface area contributed by atoms with E-state index in [-0.39, 0.29) is 16.7 Å². The van der Waals surface area contributed by atoms with Crippen LogP contribution in [0.5, 0.6) is 23.0 Å². The number of fused-ring (bicyclic) bond motifs is 4. The highest BCUT2D eigenvalue weighted by Gasteiger charge is 2.47. The van der Waals surface area contributed by atoms with Gasteiger partial charge < -0.3 is 9.47 Å². The molecule has 0 bridgehead atoms. The highest BCUT2D eigenvalue weighted by Crippen LogP contribution is 2.53. The SMILES string of the molecule is [2H]C([2H])([2H])c1ccc2c(c1-c1cc([Si](c3ccccc3)(c3ccccc3)c3cccc4c3Oc3ccccc3C4(C)C)ccc1C(C)(C)C)Oc1cc(C)ccc1C2(C)C([2H])([2H])[2H]. The van der Waals surface area contributed by atoms with Gasteiger partial charge in [-0.3, -0.25) is 0 Å². The molecule has 0 spiro atoms. The predicted molar refractivity (Wildman–Crippen MR) is 241 cm³/mol. The Balaban J connectivity index is 1.45. The van der Waals surface area contributed by atoms with Crippen LogP contribution < -0.4 is 30.2 Å². The van der Waals surface area contributed by atoms with Crippen molar-refractivity contribution in [1.29, 1.82) is 0 Å². The minimum absolute atomic E-state index is 0.0957. The minimum Gasteiger partial charge on any atom is -0.457 e. The van der Waals surface area contributed by atoms with E-state index in [1.807, 2.05) is 49.4 Å². The molecular weight excluding hydrogens is 709 g/mol. The van der Waals surface area contributed by atoms with Crippen LogP contribution in [0.25, 0.3) is 11.1 Å². The van der Waals surface area contributed by atoms with Crippen LogP contribution in [0.4, 0.5) is 0 Å². The molecule has 57 heavy (non-hydrogen) atoms. The standard InChI is InChI=1S/C54H52O2Si/c1-35-27-30-43-47(33-35)56-51-45(54(43,8)9)31-28-36(2)49(51)40-34-39(29-32-41(40)52(3,4)5)57(37-19-12-10-13-20-37,38-21-14-11-15-22-38)48-26-18-24-44-50(48)55-46-25-17-16-23-42(46)53(44,6)7/h10-34H,1-9H3/i2D3,8D3. The van der Waals surface area contributed by atoms with Crippen molar-refractivity contribution in [2.45, 2.75) is 78.4 Å². The van der Waals surface area contributed by atoms with Crippen LogP contribution in [0.1, 0.15) is 95.6 Å². The molecule has 0 aromatic heterocycles. The van der Waals surface area contributed by atoms with Gasteiger partial charge >= 0.3 is 0 Å². The number of benzene rings is 7. The Bertz CT molecular complexity index is 2870. The molecule has 0 N–H and O–H groups in total. The number of hydrogen-bond acceptors (Lipinski definition) is 2. The molecule has 0 aliphatic carbocycles. The molecule has 1 atom stereocenters. The Kier molecular flexibility index (Phi) is 7.07. The van der Waals surface area contributed by atoms with Crippen LogP contribution >= 0.6 is 0 Å². The smallest absolute Gasteiger partial charge is 0.184 e. The average Bonchev–Trinajstić information content (AvgIpc) is 3.23. The monoisotopic (exact) mass is 766 g/mol. The van der Waals surface area contributed by atoms with Crippen molar-refractivity contribution >= 4 is 28.8 Å². The zero-order valence-corrected chi connectivity index (χ0v) is 34.8. The Labute approximate surface area is 348 Å². The van der Waals surface area contributed by atoms with Crippen molar-refractivity contribution in [3.8, 4) is 34.1 Å². The van der Waals surface area contributed by atoms with Gasteiger partial charge in [0.15, 0.2) is 8.07 Å². The van der Waals surface area contributed by atoms with Gasteiger partial charge in [-0.1, -0.05) is 188 Å². The van der Waals surface area contributed by atoms with E-state index >= 15 is 0 Å². The lowest BCUT2D eigenvalue weighted by atomic mass is 9.73. The van der Waals surface area contributed by atoms with Gasteiger partial charge in [0.25, 0.3) is 0 Å². The fraction of sp³-hybridized carbons (Fsp3) is 0.222. The number of ether oxygens (including phenoxy) is 2. The molecule has 2 aliphatic rings. The lowest BCUT2D eigenvalue weighted by Crippen LogP contribution is -2.75. The largest absolute Gasteiger partial charge is 0.457 e. The average molecular weight is 767 g/mol. The first-order valence-electron chi connectivity index (χ1n) is 22.8. The Hall–Kier alpha value is -5.64. The van der Waals surface area contributed by atoms with Crippen molar-refractivity contribution in [3.05, 3.63) is 191 Å². The van der Waals surface area contributed by atoms with E-state index in [0.29, 0.717) is 28.0 Å². The topological polar surface area (TPSA) is 18.5 Å². The summed E-state index contributed by atoms with van der Waals surface area (Å²) in [6.07, 6.45) is 0. The lowest BCUT2D eigenvalue weighted by Gasteiger charge is -2.41. The molecule has 0 amide bonds. The molecule has 3 heteroatoms.